The van der Waals surface area contributed by atoms with Gasteiger partial charge in [0, 0.05) is 24.7 Å². The largest absolute Gasteiger partial charge is 0.370 e. The Morgan fingerprint density at radius 2 is 2.11 bits per heavy atom. The van der Waals surface area contributed by atoms with E-state index in [-0.39, 0.29) is 0 Å². The summed E-state index contributed by atoms with van der Waals surface area (Å²) in [6, 6.07) is 0.573. The molecule has 106 valence electrons. The highest BCUT2D eigenvalue weighted by Crippen LogP contribution is 2.30. The van der Waals surface area contributed by atoms with Gasteiger partial charge in [0.25, 0.3) is 0 Å². The first-order valence-electron chi connectivity index (χ1n) is 7.45. The molecule has 19 heavy (non-hydrogen) atoms. The van der Waals surface area contributed by atoms with Crippen molar-refractivity contribution in [3.05, 3.63) is 11.9 Å². The van der Waals surface area contributed by atoms with Crippen molar-refractivity contribution in [3.63, 3.8) is 0 Å². The van der Waals surface area contributed by atoms with Crippen molar-refractivity contribution in [3.8, 4) is 0 Å². The van der Waals surface area contributed by atoms with Crippen LogP contribution >= 0.6 is 0 Å². The van der Waals surface area contributed by atoms with Crippen LogP contribution in [-0.4, -0.2) is 29.1 Å². The smallest absolute Gasteiger partial charge is 0.137 e. The van der Waals surface area contributed by atoms with Gasteiger partial charge < -0.3 is 10.2 Å². The minimum Gasteiger partial charge on any atom is -0.370 e. The molecule has 1 aliphatic heterocycles. The highest BCUT2D eigenvalue weighted by Gasteiger charge is 2.25. The van der Waals surface area contributed by atoms with Gasteiger partial charge in [-0.2, -0.15) is 0 Å². The van der Waals surface area contributed by atoms with Gasteiger partial charge in [-0.15, -0.1) is 0 Å². The average Bonchev–Trinajstić information content (AvgIpc) is 2.41. The SMILES string of the molecule is CCCNc1ncnc(N2CC(C)CCC2C)c1C. The number of anilines is 2. The van der Waals surface area contributed by atoms with E-state index in [9.17, 15) is 0 Å². The van der Waals surface area contributed by atoms with E-state index in [1.165, 1.54) is 18.4 Å². The third-order valence-corrected chi connectivity index (χ3v) is 3.99. The number of hydrogen-bond donors (Lipinski definition) is 1. The Morgan fingerprint density at radius 3 is 2.84 bits per heavy atom. The molecule has 4 heteroatoms. The van der Waals surface area contributed by atoms with Crippen LogP contribution in [0.5, 0.6) is 0 Å². The Balaban J connectivity index is 2.23. The van der Waals surface area contributed by atoms with Gasteiger partial charge in [0.2, 0.25) is 0 Å². The Labute approximate surface area is 116 Å². The lowest BCUT2D eigenvalue weighted by atomic mass is 9.95. The molecule has 1 N–H and O–H groups in total. The van der Waals surface area contributed by atoms with E-state index >= 15 is 0 Å². The summed E-state index contributed by atoms with van der Waals surface area (Å²) in [6.07, 6.45) is 5.37. The van der Waals surface area contributed by atoms with Crippen molar-refractivity contribution in [2.45, 2.75) is 53.0 Å². The molecule has 0 aliphatic carbocycles. The molecule has 1 aromatic heterocycles. The lowest BCUT2D eigenvalue weighted by Crippen LogP contribution is -2.42. The highest BCUT2D eigenvalue weighted by atomic mass is 15.2. The molecule has 0 spiro atoms. The van der Waals surface area contributed by atoms with Crippen LogP contribution < -0.4 is 10.2 Å². The van der Waals surface area contributed by atoms with E-state index < -0.39 is 0 Å². The van der Waals surface area contributed by atoms with Crippen LogP contribution in [0.3, 0.4) is 0 Å². The monoisotopic (exact) mass is 262 g/mol. The fourth-order valence-electron chi connectivity index (χ4n) is 2.74. The molecule has 1 aromatic rings. The zero-order valence-electron chi connectivity index (χ0n) is 12.6. The lowest BCUT2D eigenvalue weighted by Gasteiger charge is -2.38. The minimum absolute atomic E-state index is 0.573. The number of nitrogens with zero attached hydrogens (tertiary/aromatic N) is 3. The van der Waals surface area contributed by atoms with Crippen molar-refractivity contribution in [2.75, 3.05) is 23.3 Å². The fraction of sp³-hybridized carbons (Fsp3) is 0.733. The summed E-state index contributed by atoms with van der Waals surface area (Å²) in [5, 5.41) is 3.39. The highest BCUT2D eigenvalue weighted by molar-refractivity contribution is 5.58. The number of piperidine rings is 1. The Morgan fingerprint density at radius 1 is 1.32 bits per heavy atom. The summed E-state index contributed by atoms with van der Waals surface area (Å²) in [7, 11) is 0. The topological polar surface area (TPSA) is 41.1 Å². The Hall–Kier alpha value is -1.32. The first kappa shape index (κ1) is 14.1. The molecule has 0 saturated carbocycles. The molecule has 1 fully saturated rings. The lowest BCUT2D eigenvalue weighted by molar-refractivity contribution is 0.387. The Bertz CT molecular complexity index is 419. The van der Waals surface area contributed by atoms with Gasteiger partial charge in [-0.05, 0) is 39.0 Å². The van der Waals surface area contributed by atoms with Crippen molar-refractivity contribution >= 4 is 11.6 Å². The second-order valence-corrected chi connectivity index (χ2v) is 5.78. The maximum absolute atomic E-state index is 4.53. The number of nitrogens with one attached hydrogen (secondary N) is 1. The summed E-state index contributed by atoms with van der Waals surface area (Å²) in [5.41, 5.74) is 1.18. The number of rotatable bonds is 4. The minimum atomic E-state index is 0.573. The molecule has 0 bridgehead atoms. The Kier molecular flexibility index (Phi) is 4.61. The third kappa shape index (κ3) is 3.17. The molecule has 1 aliphatic rings. The summed E-state index contributed by atoms with van der Waals surface area (Å²) in [6.45, 7) is 11.0. The zero-order valence-corrected chi connectivity index (χ0v) is 12.6. The summed E-state index contributed by atoms with van der Waals surface area (Å²) in [5.74, 6) is 2.84. The second kappa shape index (κ2) is 6.22. The fourth-order valence-corrected chi connectivity index (χ4v) is 2.74. The van der Waals surface area contributed by atoms with Crippen LogP contribution in [0, 0.1) is 12.8 Å². The van der Waals surface area contributed by atoms with Gasteiger partial charge >= 0.3 is 0 Å². The normalized spacial score (nSPS) is 23.5. The van der Waals surface area contributed by atoms with Gasteiger partial charge in [-0.3, -0.25) is 0 Å². The van der Waals surface area contributed by atoms with Crippen LogP contribution in [0.2, 0.25) is 0 Å². The molecule has 2 rings (SSSR count). The van der Waals surface area contributed by atoms with Gasteiger partial charge in [0.15, 0.2) is 0 Å². The second-order valence-electron chi connectivity index (χ2n) is 5.78. The molecule has 4 nitrogen and oxygen atoms in total. The molecule has 2 unspecified atom stereocenters. The van der Waals surface area contributed by atoms with Crippen LogP contribution in [0.25, 0.3) is 0 Å². The van der Waals surface area contributed by atoms with Crippen molar-refractivity contribution in [2.24, 2.45) is 5.92 Å². The molecule has 0 amide bonds. The summed E-state index contributed by atoms with van der Waals surface area (Å²) >= 11 is 0. The quantitative estimate of drug-likeness (QED) is 0.904. The van der Waals surface area contributed by atoms with Gasteiger partial charge in [0.05, 0.1) is 0 Å². The van der Waals surface area contributed by atoms with E-state index in [0.717, 1.165) is 37.1 Å². The number of aromatic nitrogens is 2. The predicted octanol–water partition coefficient (Wildman–Crippen LogP) is 3.23. The standard InChI is InChI=1S/C15H26N4/c1-5-8-16-14-13(4)15(18-10-17-14)19-9-11(2)6-7-12(19)3/h10-12H,5-9H2,1-4H3,(H,16,17,18). The van der Waals surface area contributed by atoms with Gasteiger partial charge in [-0.25, -0.2) is 9.97 Å². The van der Waals surface area contributed by atoms with E-state index in [1.807, 2.05) is 0 Å². The van der Waals surface area contributed by atoms with Gasteiger partial charge in [-0.1, -0.05) is 13.8 Å². The zero-order chi connectivity index (χ0) is 13.8. The van der Waals surface area contributed by atoms with Crippen LogP contribution in [0.1, 0.15) is 45.6 Å². The molecule has 2 heterocycles. The maximum atomic E-state index is 4.53. The van der Waals surface area contributed by atoms with Crippen molar-refractivity contribution in [1.29, 1.82) is 0 Å². The van der Waals surface area contributed by atoms with Crippen molar-refractivity contribution in [1.82, 2.24) is 9.97 Å². The first-order valence-corrected chi connectivity index (χ1v) is 7.45. The third-order valence-electron chi connectivity index (χ3n) is 3.99. The summed E-state index contributed by atoms with van der Waals surface area (Å²) in [4.78, 5) is 11.3. The average molecular weight is 262 g/mol. The van der Waals surface area contributed by atoms with Crippen LogP contribution in [-0.2, 0) is 0 Å². The van der Waals surface area contributed by atoms with E-state index in [4.69, 9.17) is 0 Å². The molecule has 1 saturated heterocycles. The molecule has 2 atom stereocenters. The molecular formula is C15H26N4. The van der Waals surface area contributed by atoms with Crippen LogP contribution in [0.15, 0.2) is 6.33 Å². The van der Waals surface area contributed by atoms with Crippen LogP contribution in [0.4, 0.5) is 11.6 Å². The van der Waals surface area contributed by atoms with E-state index in [2.05, 4.69) is 47.9 Å². The van der Waals surface area contributed by atoms with E-state index in [0.29, 0.717) is 6.04 Å². The van der Waals surface area contributed by atoms with Crippen molar-refractivity contribution < 1.29 is 0 Å². The van der Waals surface area contributed by atoms with E-state index in [1.54, 1.807) is 6.33 Å². The predicted molar refractivity (Wildman–Crippen MR) is 80.8 cm³/mol. The molecule has 0 radical (unpaired) electrons. The summed E-state index contributed by atoms with van der Waals surface area (Å²) < 4.78 is 0. The number of hydrogen-bond acceptors (Lipinski definition) is 4. The maximum Gasteiger partial charge on any atom is 0.137 e. The first-order chi connectivity index (χ1) is 9.13. The molecular weight excluding hydrogens is 236 g/mol. The molecule has 0 aromatic carbocycles. The van der Waals surface area contributed by atoms with Gasteiger partial charge in [0.1, 0.15) is 18.0 Å².